The number of benzene rings is 1. The normalized spacial score (nSPS) is 16.2. The Balaban J connectivity index is 2.09. The van der Waals surface area contributed by atoms with Gasteiger partial charge in [0.15, 0.2) is 0 Å². The van der Waals surface area contributed by atoms with E-state index >= 15 is 0 Å². The molecule has 0 N–H and O–H groups in total. The molecule has 2 heterocycles. The van der Waals surface area contributed by atoms with E-state index in [-0.39, 0.29) is 5.56 Å². The zero-order chi connectivity index (χ0) is 12.5. The van der Waals surface area contributed by atoms with Gasteiger partial charge in [0.2, 0.25) is 0 Å². The van der Waals surface area contributed by atoms with Crippen LogP contribution in [0.2, 0.25) is 0 Å². The fourth-order valence-corrected chi connectivity index (χ4v) is 2.24. The van der Waals surface area contributed by atoms with Crippen molar-refractivity contribution in [3.8, 4) is 0 Å². The molecular weight excluding hydrogens is 230 g/mol. The van der Waals surface area contributed by atoms with Crippen LogP contribution >= 0.6 is 0 Å². The molecule has 0 bridgehead atoms. The maximum absolute atomic E-state index is 12.0. The Morgan fingerprint density at radius 1 is 1.28 bits per heavy atom. The SMILES string of the molecule is Cn1ncc2ccc(N3CCOCC3)cc2c1=O. The second-order valence-electron chi connectivity index (χ2n) is 4.44. The van der Waals surface area contributed by atoms with Crippen LogP contribution in [-0.4, -0.2) is 36.1 Å². The molecule has 1 fully saturated rings. The lowest BCUT2D eigenvalue weighted by atomic mass is 10.1. The summed E-state index contributed by atoms with van der Waals surface area (Å²) in [6.45, 7) is 3.23. The summed E-state index contributed by atoms with van der Waals surface area (Å²) >= 11 is 0. The summed E-state index contributed by atoms with van der Waals surface area (Å²) in [6, 6.07) is 5.94. The largest absolute Gasteiger partial charge is 0.378 e. The van der Waals surface area contributed by atoms with Crippen molar-refractivity contribution in [1.29, 1.82) is 0 Å². The summed E-state index contributed by atoms with van der Waals surface area (Å²) in [4.78, 5) is 14.3. The highest BCUT2D eigenvalue weighted by Crippen LogP contribution is 2.20. The summed E-state index contributed by atoms with van der Waals surface area (Å²) in [5.41, 5.74) is 1.02. The number of morpholine rings is 1. The second kappa shape index (κ2) is 4.42. The van der Waals surface area contributed by atoms with E-state index in [1.807, 2.05) is 18.2 Å². The third-order valence-electron chi connectivity index (χ3n) is 3.31. The van der Waals surface area contributed by atoms with Crippen molar-refractivity contribution in [1.82, 2.24) is 9.78 Å². The Hall–Kier alpha value is -1.88. The summed E-state index contributed by atoms with van der Waals surface area (Å²) < 4.78 is 6.70. The van der Waals surface area contributed by atoms with Gasteiger partial charge in [0.1, 0.15) is 0 Å². The topological polar surface area (TPSA) is 47.4 Å². The van der Waals surface area contributed by atoms with E-state index in [0.29, 0.717) is 0 Å². The predicted octanol–water partition coefficient (Wildman–Crippen LogP) is 0.770. The third kappa shape index (κ3) is 1.86. The number of hydrogen-bond donors (Lipinski definition) is 0. The van der Waals surface area contributed by atoms with Gasteiger partial charge in [-0.3, -0.25) is 4.79 Å². The molecule has 2 aromatic rings. The fraction of sp³-hybridized carbons (Fsp3) is 0.385. The van der Waals surface area contributed by atoms with Gasteiger partial charge in [0, 0.05) is 31.2 Å². The molecule has 1 saturated heterocycles. The van der Waals surface area contributed by atoms with E-state index in [9.17, 15) is 4.79 Å². The minimum atomic E-state index is -0.0531. The Morgan fingerprint density at radius 3 is 2.83 bits per heavy atom. The van der Waals surface area contributed by atoms with Crippen molar-refractivity contribution in [2.75, 3.05) is 31.2 Å². The lowest BCUT2D eigenvalue weighted by Gasteiger charge is -2.28. The number of aryl methyl sites for hydroxylation is 1. The molecule has 0 amide bonds. The van der Waals surface area contributed by atoms with Gasteiger partial charge < -0.3 is 9.64 Å². The van der Waals surface area contributed by atoms with Crippen molar-refractivity contribution in [3.05, 3.63) is 34.7 Å². The second-order valence-corrected chi connectivity index (χ2v) is 4.44. The summed E-state index contributed by atoms with van der Waals surface area (Å²) in [5.74, 6) is 0. The molecule has 1 aromatic carbocycles. The van der Waals surface area contributed by atoms with Gasteiger partial charge in [-0.25, -0.2) is 4.68 Å². The molecule has 5 heteroatoms. The number of ether oxygens (including phenoxy) is 1. The molecular formula is C13H15N3O2. The van der Waals surface area contributed by atoms with Crippen molar-refractivity contribution >= 4 is 16.5 Å². The predicted molar refractivity (Wildman–Crippen MR) is 70.0 cm³/mol. The number of rotatable bonds is 1. The third-order valence-corrected chi connectivity index (χ3v) is 3.31. The van der Waals surface area contributed by atoms with Crippen molar-refractivity contribution in [2.45, 2.75) is 0 Å². The molecule has 0 atom stereocenters. The average Bonchev–Trinajstić information content (AvgIpc) is 2.44. The van der Waals surface area contributed by atoms with Gasteiger partial charge in [-0.1, -0.05) is 6.07 Å². The zero-order valence-electron chi connectivity index (χ0n) is 10.3. The van der Waals surface area contributed by atoms with Crippen LogP contribution in [0.4, 0.5) is 5.69 Å². The summed E-state index contributed by atoms with van der Waals surface area (Å²) in [6.07, 6.45) is 1.72. The van der Waals surface area contributed by atoms with E-state index in [1.165, 1.54) is 4.68 Å². The number of nitrogens with zero attached hydrogens (tertiary/aromatic N) is 3. The lowest BCUT2D eigenvalue weighted by Crippen LogP contribution is -2.36. The molecule has 18 heavy (non-hydrogen) atoms. The Kier molecular flexibility index (Phi) is 2.76. The molecule has 94 valence electrons. The first kappa shape index (κ1) is 11.2. The van der Waals surface area contributed by atoms with Gasteiger partial charge in [0.05, 0.1) is 24.8 Å². The monoisotopic (exact) mass is 245 g/mol. The van der Waals surface area contributed by atoms with Gasteiger partial charge in [0.25, 0.3) is 5.56 Å². The Bertz CT molecular complexity index is 630. The highest BCUT2D eigenvalue weighted by Gasteiger charge is 2.12. The van der Waals surface area contributed by atoms with Gasteiger partial charge in [-0.15, -0.1) is 0 Å². The van der Waals surface area contributed by atoms with Crippen LogP contribution in [0.1, 0.15) is 0 Å². The maximum atomic E-state index is 12.0. The molecule has 0 aliphatic carbocycles. The average molecular weight is 245 g/mol. The number of aromatic nitrogens is 2. The van der Waals surface area contributed by atoms with Crippen LogP contribution in [0.25, 0.3) is 10.8 Å². The van der Waals surface area contributed by atoms with Crippen LogP contribution in [0, 0.1) is 0 Å². The molecule has 0 radical (unpaired) electrons. The van der Waals surface area contributed by atoms with Gasteiger partial charge >= 0.3 is 0 Å². The van der Waals surface area contributed by atoms with Crippen molar-refractivity contribution in [2.24, 2.45) is 7.05 Å². The summed E-state index contributed by atoms with van der Waals surface area (Å²) in [7, 11) is 1.67. The minimum absolute atomic E-state index is 0.0531. The van der Waals surface area contributed by atoms with E-state index in [4.69, 9.17) is 4.74 Å². The highest BCUT2D eigenvalue weighted by atomic mass is 16.5. The zero-order valence-corrected chi connectivity index (χ0v) is 10.3. The van der Waals surface area contributed by atoms with E-state index in [2.05, 4.69) is 10.00 Å². The fourth-order valence-electron chi connectivity index (χ4n) is 2.24. The summed E-state index contributed by atoms with van der Waals surface area (Å²) in [5, 5.41) is 5.62. The molecule has 1 aliphatic heterocycles. The number of fused-ring (bicyclic) bond motifs is 1. The first-order valence-corrected chi connectivity index (χ1v) is 6.04. The van der Waals surface area contributed by atoms with E-state index in [0.717, 1.165) is 42.8 Å². The van der Waals surface area contributed by atoms with Crippen LogP contribution < -0.4 is 10.5 Å². The maximum Gasteiger partial charge on any atom is 0.274 e. The van der Waals surface area contributed by atoms with Crippen LogP contribution in [0.5, 0.6) is 0 Å². The lowest BCUT2D eigenvalue weighted by molar-refractivity contribution is 0.122. The first-order chi connectivity index (χ1) is 8.75. The molecule has 0 saturated carbocycles. The first-order valence-electron chi connectivity index (χ1n) is 6.04. The van der Waals surface area contributed by atoms with Gasteiger partial charge in [-0.05, 0) is 12.1 Å². The Labute approximate surface area is 105 Å². The molecule has 5 nitrogen and oxygen atoms in total. The Morgan fingerprint density at radius 2 is 2.06 bits per heavy atom. The van der Waals surface area contributed by atoms with Crippen LogP contribution in [-0.2, 0) is 11.8 Å². The molecule has 1 aliphatic rings. The van der Waals surface area contributed by atoms with Crippen LogP contribution in [0.15, 0.2) is 29.2 Å². The van der Waals surface area contributed by atoms with Gasteiger partial charge in [-0.2, -0.15) is 5.10 Å². The number of hydrogen-bond acceptors (Lipinski definition) is 4. The standard InChI is InChI=1S/C13H15N3O2/c1-15-13(17)12-8-11(3-2-10(12)9-14-15)16-4-6-18-7-5-16/h2-3,8-9H,4-7H2,1H3. The highest BCUT2D eigenvalue weighted by molar-refractivity contribution is 5.84. The minimum Gasteiger partial charge on any atom is -0.378 e. The van der Waals surface area contributed by atoms with Crippen molar-refractivity contribution < 1.29 is 4.74 Å². The van der Waals surface area contributed by atoms with E-state index < -0.39 is 0 Å². The number of anilines is 1. The molecule has 3 rings (SSSR count). The molecule has 0 unspecified atom stereocenters. The van der Waals surface area contributed by atoms with Crippen molar-refractivity contribution in [3.63, 3.8) is 0 Å². The molecule has 0 spiro atoms. The van der Waals surface area contributed by atoms with E-state index in [1.54, 1.807) is 13.2 Å². The molecule has 1 aromatic heterocycles. The quantitative estimate of drug-likeness (QED) is 0.744. The smallest absolute Gasteiger partial charge is 0.274 e. The van der Waals surface area contributed by atoms with Crippen LogP contribution in [0.3, 0.4) is 0 Å².